The van der Waals surface area contributed by atoms with Gasteiger partial charge in [-0.15, -0.1) is 0 Å². The quantitative estimate of drug-likeness (QED) is 0.619. The second kappa shape index (κ2) is 5.69. The van der Waals surface area contributed by atoms with Crippen LogP contribution in [0.3, 0.4) is 0 Å². The van der Waals surface area contributed by atoms with Crippen molar-refractivity contribution in [2.75, 3.05) is 14.2 Å². The standard InChI is InChI=1S/C8H9O2.Ca.2H/c1-9-7-4-3-5-8(6-7)10-2;;;/h4-6H,1-2H3;;;. The molecule has 0 aromatic heterocycles. The third kappa shape index (κ3) is 3.32. The van der Waals surface area contributed by atoms with Gasteiger partial charge in [0.05, 0.1) is 14.2 Å². The first-order valence-corrected chi connectivity index (χ1v) is 2.96. The number of hydrogen-bond donors (Lipinski definition) is 0. The third-order valence-electron chi connectivity index (χ3n) is 1.21. The predicted molar refractivity (Wildman–Crippen MR) is 46.9 cm³/mol. The van der Waals surface area contributed by atoms with E-state index in [1.165, 1.54) is 0 Å². The van der Waals surface area contributed by atoms with Gasteiger partial charge in [0.25, 0.3) is 0 Å². The van der Waals surface area contributed by atoms with E-state index in [1.807, 2.05) is 0 Å². The summed E-state index contributed by atoms with van der Waals surface area (Å²) >= 11 is 0. The molecule has 2 nitrogen and oxygen atoms in total. The van der Waals surface area contributed by atoms with E-state index in [4.69, 9.17) is 9.47 Å². The molecule has 1 aromatic rings. The van der Waals surface area contributed by atoms with Crippen LogP contribution >= 0.6 is 0 Å². The molecule has 0 saturated carbocycles. The Morgan fingerprint density at radius 2 is 1.55 bits per heavy atom. The molecule has 0 bridgehead atoms. The minimum absolute atomic E-state index is 0. The molecule has 0 spiro atoms. The summed E-state index contributed by atoms with van der Waals surface area (Å²) in [5.74, 6) is 1.53. The van der Waals surface area contributed by atoms with E-state index < -0.39 is 0 Å². The maximum absolute atomic E-state index is 4.95. The van der Waals surface area contributed by atoms with Gasteiger partial charge in [-0.2, -0.15) is 0 Å². The van der Waals surface area contributed by atoms with Crippen LogP contribution in [0.25, 0.3) is 0 Å². The predicted octanol–water partition coefficient (Wildman–Crippen LogP) is 0.588. The van der Waals surface area contributed by atoms with Gasteiger partial charge in [0.2, 0.25) is 0 Å². The molecule has 0 aliphatic rings. The van der Waals surface area contributed by atoms with Crippen molar-refractivity contribution in [1.29, 1.82) is 0 Å². The molecule has 11 heavy (non-hydrogen) atoms. The van der Waals surface area contributed by atoms with Gasteiger partial charge in [-0.25, -0.2) is 0 Å². The van der Waals surface area contributed by atoms with Crippen LogP contribution in [-0.4, -0.2) is 52.0 Å². The van der Waals surface area contributed by atoms with Crippen LogP contribution in [0.15, 0.2) is 18.2 Å². The fourth-order valence-corrected chi connectivity index (χ4v) is 0.665. The fourth-order valence-electron chi connectivity index (χ4n) is 0.665. The number of rotatable bonds is 2. The first-order valence-electron chi connectivity index (χ1n) is 2.96. The Morgan fingerprint density at radius 3 is 1.91 bits per heavy atom. The van der Waals surface area contributed by atoms with Gasteiger partial charge in [0.15, 0.2) is 0 Å². The van der Waals surface area contributed by atoms with E-state index in [2.05, 4.69) is 6.07 Å². The van der Waals surface area contributed by atoms with E-state index in [9.17, 15) is 0 Å². The summed E-state index contributed by atoms with van der Waals surface area (Å²) in [6, 6.07) is 8.19. The fraction of sp³-hybridized carbons (Fsp3) is 0.250. The van der Waals surface area contributed by atoms with Crippen molar-refractivity contribution in [2.24, 2.45) is 0 Å². The molecule has 0 heterocycles. The second-order valence-corrected chi connectivity index (χ2v) is 1.81. The van der Waals surface area contributed by atoms with E-state index in [-0.39, 0.29) is 37.7 Å². The number of benzene rings is 1. The molecule has 3 heteroatoms. The number of methoxy groups -OCH3 is 2. The molecule has 0 N–H and O–H groups in total. The van der Waals surface area contributed by atoms with Crippen LogP contribution in [0.2, 0.25) is 0 Å². The van der Waals surface area contributed by atoms with Crippen LogP contribution < -0.4 is 9.47 Å². The van der Waals surface area contributed by atoms with Crippen LogP contribution in [0.1, 0.15) is 0 Å². The van der Waals surface area contributed by atoms with Gasteiger partial charge in [-0.05, 0) is 18.2 Å². The summed E-state index contributed by atoms with van der Waals surface area (Å²) in [6.07, 6.45) is 0. The van der Waals surface area contributed by atoms with Crippen LogP contribution in [0, 0.1) is 6.07 Å². The zero-order valence-corrected chi connectivity index (χ0v) is 6.05. The summed E-state index contributed by atoms with van der Waals surface area (Å²) in [5.41, 5.74) is 0. The monoisotopic (exact) mass is 179 g/mol. The molecule has 0 fully saturated rings. The van der Waals surface area contributed by atoms with E-state index in [0.717, 1.165) is 11.5 Å². The molecule has 0 aliphatic carbocycles. The first kappa shape index (κ1) is 11.1. The number of ether oxygens (including phenoxy) is 2. The maximum atomic E-state index is 4.95. The normalized spacial score (nSPS) is 8.18. The van der Waals surface area contributed by atoms with Crippen molar-refractivity contribution in [3.63, 3.8) is 0 Å². The SMILES string of the molecule is COc1c[c]cc(OC)c1.[CaH2]. The Morgan fingerprint density at radius 1 is 1.09 bits per heavy atom. The van der Waals surface area contributed by atoms with E-state index in [0.29, 0.717) is 0 Å². The summed E-state index contributed by atoms with van der Waals surface area (Å²) in [7, 11) is 3.23. The topological polar surface area (TPSA) is 18.5 Å². The molecule has 57 valence electrons. The first-order chi connectivity index (χ1) is 4.86. The van der Waals surface area contributed by atoms with Crippen molar-refractivity contribution < 1.29 is 9.47 Å². The minimum atomic E-state index is 0. The molecule has 1 aromatic carbocycles. The van der Waals surface area contributed by atoms with Crippen LogP contribution in [0.4, 0.5) is 0 Å². The Balaban J connectivity index is 0.000001000. The average Bonchev–Trinajstić information content (AvgIpc) is 2.05. The molecule has 0 aliphatic heterocycles. The summed E-state index contributed by atoms with van der Waals surface area (Å²) in [5, 5.41) is 0. The molecule has 1 rings (SSSR count). The molecule has 1 radical (unpaired) electrons. The molecule has 0 atom stereocenters. The molecule has 0 amide bonds. The average molecular weight is 179 g/mol. The third-order valence-corrected chi connectivity index (χ3v) is 1.21. The molecular weight excluding hydrogens is 168 g/mol. The van der Waals surface area contributed by atoms with Gasteiger partial charge < -0.3 is 9.47 Å². The van der Waals surface area contributed by atoms with Crippen LogP contribution in [-0.2, 0) is 0 Å². The second-order valence-electron chi connectivity index (χ2n) is 1.81. The summed E-state index contributed by atoms with van der Waals surface area (Å²) in [4.78, 5) is 0. The Hall–Kier alpha value is 0.0797. The van der Waals surface area contributed by atoms with Gasteiger partial charge in [-0.3, -0.25) is 0 Å². The van der Waals surface area contributed by atoms with Crippen molar-refractivity contribution in [3.05, 3.63) is 24.3 Å². The van der Waals surface area contributed by atoms with E-state index >= 15 is 0 Å². The summed E-state index contributed by atoms with van der Waals surface area (Å²) < 4.78 is 9.89. The Labute approximate surface area is 96.5 Å². The zero-order valence-electron chi connectivity index (χ0n) is 6.05. The van der Waals surface area contributed by atoms with Gasteiger partial charge >= 0.3 is 37.7 Å². The summed E-state index contributed by atoms with van der Waals surface area (Å²) in [6.45, 7) is 0. The zero-order chi connectivity index (χ0) is 7.40. The molecular formula is C8H11CaO2. The Bertz CT molecular complexity index is 194. The van der Waals surface area contributed by atoms with Crippen molar-refractivity contribution in [3.8, 4) is 11.5 Å². The van der Waals surface area contributed by atoms with Crippen molar-refractivity contribution >= 4 is 37.7 Å². The molecule has 0 unspecified atom stereocenters. The van der Waals surface area contributed by atoms with Gasteiger partial charge in [-0.1, -0.05) is 0 Å². The van der Waals surface area contributed by atoms with Crippen molar-refractivity contribution in [1.82, 2.24) is 0 Å². The number of hydrogen-bond acceptors (Lipinski definition) is 2. The Kier molecular flexibility index (Phi) is 5.74. The van der Waals surface area contributed by atoms with Gasteiger partial charge in [0.1, 0.15) is 11.5 Å². The van der Waals surface area contributed by atoms with E-state index in [1.54, 1.807) is 32.4 Å². The molecule has 0 saturated heterocycles. The van der Waals surface area contributed by atoms with Crippen molar-refractivity contribution in [2.45, 2.75) is 0 Å². The van der Waals surface area contributed by atoms with Gasteiger partial charge in [0, 0.05) is 6.07 Å². The van der Waals surface area contributed by atoms with Crippen LogP contribution in [0.5, 0.6) is 11.5 Å².